The van der Waals surface area contributed by atoms with Crippen molar-refractivity contribution in [2.75, 3.05) is 0 Å². The number of hydrogen-bond donors (Lipinski definition) is 0. The molecule has 0 aromatic carbocycles. The van der Waals surface area contributed by atoms with E-state index in [0.717, 1.165) is 17.8 Å². The maximum Gasteiger partial charge on any atom is -0.0232 e. The molecule has 0 heterocycles. The fourth-order valence-electron chi connectivity index (χ4n) is 7.21. The summed E-state index contributed by atoms with van der Waals surface area (Å²) in [6.07, 6.45) is 10.8. The standard InChI is InChI=1S/C25H46/c1-10-24(9)15-18(3)14-20(5)19(4)12-13-23(8)16-21(6)25(11-2,17-23)22(24)7/h18,20-22H,4,10-17H2,1-3,5-9H3/t18-,20?,21?,22+,23?,24?,25?/m0/s1. The van der Waals surface area contributed by atoms with Gasteiger partial charge in [-0.1, -0.05) is 74.0 Å². The molecule has 0 radical (unpaired) electrons. The van der Waals surface area contributed by atoms with Gasteiger partial charge in [-0.05, 0) is 84.9 Å². The molecule has 2 bridgehead atoms. The van der Waals surface area contributed by atoms with Gasteiger partial charge in [-0.3, -0.25) is 0 Å². The van der Waals surface area contributed by atoms with E-state index in [0.29, 0.717) is 22.2 Å². The topological polar surface area (TPSA) is 0 Å². The van der Waals surface area contributed by atoms with Crippen LogP contribution < -0.4 is 0 Å². The molecular weight excluding hydrogens is 300 g/mol. The normalized spacial score (nSPS) is 49.5. The highest BCUT2D eigenvalue weighted by Gasteiger charge is 2.55. The fraction of sp³-hybridized carbons (Fsp3) is 0.920. The highest BCUT2D eigenvalue weighted by Crippen LogP contribution is 2.64. The van der Waals surface area contributed by atoms with Crippen molar-refractivity contribution in [2.45, 2.75) is 107 Å². The summed E-state index contributed by atoms with van der Waals surface area (Å²) >= 11 is 0. The molecule has 146 valence electrons. The molecule has 7 atom stereocenters. The van der Waals surface area contributed by atoms with Gasteiger partial charge in [0.25, 0.3) is 0 Å². The summed E-state index contributed by atoms with van der Waals surface area (Å²) in [7, 11) is 0. The molecule has 0 heteroatoms. The van der Waals surface area contributed by atoms with E-state index < -0.39 is 0 Å². The molecule has 0 nitrogen and oxygen atoms in total. The zero-order chi connectivity index (χ0) is 19.0. The van der Waals surface area contributed by atoms with E-state index in [1.165, 1.54) is 56.9 Å². The predicted molar refractivity (Wildman–Crippen MR) is 113 cm³/mol. The van der Waals surface area contributed by atoms with Gasteiger partial charge >= 0.3 is 0 Å². The van der Waals surface area contributed by atoms with E-state index in [1.54, 1.807) is 0 Å². The van der Waals surface area contributed by atoms with Gasteiger partial charge in [-0.2, -0.15) is 0 Å². The van der Waals surface area contributed by atoms with Crippen molar-refractivity contribution in [3.05, 3.63) is 12.2 Å². The number of hydrogen-bond acceptors (Lipinski definition) is 0. The van der Waals surface area contributed by atoms with Crippen molar-refractivity contribution < 1.29 is 0 Å². The lowest BCUT2D eigenvalue weighted by atomic mass is 9.55. The van der Waals surface area contributed by atoms with Crippen LogP contribution in [0.1, 0.15) is 107 Å². The van der Waals surface area contributed by atoms with Gasteiger partial charge in [0.15, 0.2) is 0 Å². The second-order valence-corrected chi connectivity index (χ2v) is 11.0. The predicted octanol–water partition coefficient (Wildman–Crippen LogP) is 8.27. The lowest BCUT2D eigenvalue weighted by molar-refractivity contribution is -0.00898. The Morgan fingerprint density at radius 1 is 1.00 bits per heavy atom. The summed E-state index contributed by atoms with van der Waals surface area (Å²) in [5, 5.41) is 0. The summed E-state index contributed by atoms with van der Waals surface area (Å²) in [5.41, 5.74) is 3.04. The van der Waals surface area contributed by atoms with Crippen LogP contribution in [0.4, 0.5) is 0 Å². The zero-order valence-electron chi connectivity index (χ0n) is 18.7. The summed E-state index contributed by atoms with van der Waals surface area (Å²) in [6, 6.07) is 0. The molecule has 0 amide bonds. The molecule has 0 N–H and O–H groups in total. The minimum absolute atomic E-state index is 0.467. The second-order valence-electron chi connectivity index (χ2n) is 11.0. The lowest BCUT2D eigenvalue weighted by Crippen LogP contribution is -2.42. The molecule has 0 aromatic rings. The van der Waals surface area contributed by atoms with Crippen molar-refractivity contribution in [2.24, 2.45) is 39.9 Å². The maximum absolute atomic E-state index is 4.50. The summed E-state index contributed by atoms with van der Waals surface area (Å²) in [6.45, 7) is 24.7. The van der Waals surface area contributed by atoms with Gasteiger partial charge in [0, 0.05) is 0 Å². The largest absolute Gasteiger partial charge is 0.0996 e. The smallest absolute Gasteiger partial charge is 0.0232 e. The average molecular weight is 347 g/mol. The van der Waals surface area contributed by atoms with Gasteiger partial charge in [-0.25, -0.2) is 0 Å². The number of fused-ring (bicyclic) bond motifs is 2. The van der Waals surface area contributed by atoms with Crippen LogP contribution in [0.2, 0.25) is 0 Å². The first-order valence-electron chi connectivity index (χ1n) is 11.2. The maximum atomic E-state index is 4.50. The molecule has 0 spiro atoms. The van der Waals surface area contributed by atoms with Crippen LogP contribution >= 0.6 is 0 Å². The van der Waals surface area contributed by atoms with Crippen LogP contribution in [0.15, 0.2) is 12.2 Å². The quantitative estimate of drug-likeness (QED) is 0.441. The van der Waals surface area contributed by atoms with E-state index in [4.69, 9.17) is 0 Å². The number of rotatable bonds is 2. The van der Waals surface area contributed by atoms with Crippen molar-refractivity contribution in [3.8, 4) is 0 Å². The van der Waals surface area contributed by atoms with Gasteiger partial charge in [-0.15, -0.1) is 0 Å². The highest BCUT2D eigenvalue weighted by atomic mass is 14.6. The van der Waals surface area contributed by atoms with Crippen LogP contribution in [0.3, 0.4) is 0 Å². The zero-order valence-corrected chi connectivity index (χ0v) is 18.7. The van der Waals surface area contributed by atoms with Gasteiger partial charge < -0.3 is 0 Å². The Balaban J connectivity index is 2.45. The average Bonchev–Trinajstić information content (AvgIpc) is 2.82. The Morgan fingerprint density at radius 2 is 1.64 bits per heavy atom. The highest BCUT2D eigenvalue weighted by molar-refractivity contribution is 5.08. The molecular formula is C25H46. The minimum Gasteiger partial charge on any atom is -0.0996 e. The second kappa shape index (κ2) is 7.40. The van der Waals surface area contributed by atoms with Crippen molar-refractivity contribution in [1.29, 1.82) is 0 Å². The fourth-order valence-corrected chi connectivity index (χ4v) is 7.21. The van der Waals surface area contributed by atoms with Crippen molar-refractivity contribution in [1.82, 2.24) is 0 Å². The molecule has 2 fully saturated rings. The van der Waals surface area contributed by atoms with Crippen molar-refractivity contribution >= 4 is 0 Å². The van der Waals surface area contributed by atoms with E-state index in [9.17, 15) is 0 Å². The van der Waals surface area contributed by atoms with Crippen LogP contribution in [0.25, 0.3) is 0 Å². The minimum atomic E-state index is 0.467. The Morgan fingerprint density at radius 3 is 2.20 bits per heavy atom. The molecule has 2 aliphatic carbocycles. The molecule has 2 rings (SSSR count). The van der Waals surface area contributed by atoms with Crippen LogP contribution in [0.5, 0.6) is 0 Å². The van der Waals surface area contributed by atoms with Crippen molar-refractivity contribution in [3.63, 3.8) is 0 Å². The van der Waals surface area contributed by atoms with Crippen LogP contribution in [-0.2, 0) is 0 Å². The Labute approximate surface area is 159 Å². The molecule has 2 aliphatic rings. The third-order valence-electron chi connectivity index (χ3n) is 9.23. The first-order valence-corrected chi connectivity index (χ1v) is 11.2. The first-order chi connectivity index (χ1) is 11.5. The molecule has 0 aromatic heterocycles. The van der Waals surface area contributed by atoms with E-state index in [2.05, 4.69) is 62.0 Å². The Kier molecular flexibility index (Phi) is 6.23. The van der Waals surface area contributed by atoms with Gasteiger partial charge in [0.05, 0.1) is 0 Å². The SMILES string of the molecule is C=C1CCC2(C)CC(C)C(CC)(C2)[C@H](C)C(C)(CC)C[C@@H](C)CC1C. The van der Waals surface area contributed by atoms with Crippen LogP contribution in [-0.4, -0.2) is 0 Å². The molecule has 25 heavy (non-hydrogen) atoms. The first kappa shape index (κ1) is 21.0. The Bertz CT molecular complexity index is 476. The van der Waals surface area contributed by atoms with Gasteiger partial charge in [0.1, 0.15) is 0 Å². The molecule has 2 saturated carbocycles. The summed E-state index contributed by atoms with van der Waals surface area (Å²) in [5.74, 6) is 3.15. The molecule has 0 saturated heterocycles. The monoisotopic (exact) mass is 346 g/mol. The third kappa shape index (κ3) is 3.89. The van der Waals surface area contributed by atoms with E-state index in [-0.39, 0.29) is 0 Å². The molecule has 5 unspecified atom stereocenters. The lowest BCUT2D eigenvalue weighted by Gasteiger charge is -2.50. The number of allylic oxidation sites excluding steroid dienone is 1. The summed E-state index contributed by atoms with van der Waals surface area (Å²) in [4.78, 5) is 0. The van der Waals surface area contributed by atoms with E-state index >= 15 is 0 Å². The van der Waals surface area contributed by atoms with E-state index in [1.807, 2.05) is 0 Å². The Hall–Kier alpha value is -0.260. The third-order valence-corrected chi connectivity index (χ3v) is 9.23. The van der Waals surface area contributed by atoms with Crippen LogP contribution in [0, 0.1) is 39.9 Å². The molecule has 0 aliphatic heterocycles. The van der Waals surface area contributed by atoms with Gasteiger partial charge in [0.2, 0.25) is 0 Å². The summed E-state index contributed by atoms with van der Waals surface area (Å²) < 4.78 is 0.